The van der Waals surface area contributed by atoms with Gasteiger partial charge in [-0.05, 0) is 41.4 Å². The number of hydrogen-bond donors (Lipinski definition) is 1. The fraction of sp³-hybridized carbons (Fsp3) is 0.385. The van der Waals surface area contributed by atoms with Crippen LogP contribution in [0.1, 0.15) is 20.3 Å². The van der Waals surface area contributed by atoms with Gasteiger partial charge in [0.1, 0.15) is 17.9 Å². The molecule has 1 aliphatic rings. The second-order valence-electron chi connectivity index (χ2n) is 4.84. The van der Waals surface area contributed by atoms with Crippen LogP contribution in [0.3, 0.4) is 0 Å². The van der Waals surface area contributed by atoms with E-state index >= 15 is 0 Å². The first kappa shape index (κ1) is 15.3. The van der Waals surface area contributed by atoms with E-state index < -0.39 is 11.4 Å². The predicted octanol–water partition coefficient (Wildman–Crippen LogP) is 2.87. The summed E-state index contributed by atoms with van der Waals surface area (Å²) in [4.78, 5) is 25.7. The van der Waals surface area contributed by atoms with Crippen LogP contribution >= 0.6 is 27.5 Å². The topological polar surface area (TPSA) is 49.4 Å². The maximum absolute atomic E-state index is 13.3. The van der Waals surface area contributed by atoms with E-state index in [0.717, 1.165) is 6.07 Å². The van der Waals surface area contributed by atoms with Crippen molar-refractivity contribution in [3.8, 4) is 0 Å². The summed E-state index contributed by atoms with van der Waals surface area (Å²) in [6.45, 7) is 3.33. The Labute approximate surface area is 129 Å². The van der Waals surface area contributed by atoms with Crippen LogP contribution < -0.4 is 10.2 Å². The zero-order valence-corrected chi connectivity index (χ0v) is 13.3. The van der Waals surface area contributed by atoms with E-state index in [1.807, 2.05) is 6.92 Å². The van der Waals surface area contributed by atoms with E-state index in [9.17, 15) is 14.0 Å². The zero-order valence-electron chi connectivity index (χ0n) is 11.0. The van der Waals surface area contributed by atoms with Crippen LogP contribution in [0.5, 0.6) is 0 Å². The Balaban J connectivity index is 2.52. The van der Waals surface area contributed by atoms with E-state index in [4.69, 9.17) is 11.6 Å². The van der Waals surface area contributed by atoms with Crippen LogP contribution in [0.15, 0.2) is 16.6 Å². The molecule has 0 spiro atoms. The molecule has 1 fully saturated rings. The third kappa shape index (κ3) is 2.54. The van der Waals surface area contributed by atoms with Crippen molar-refractivity contribution in [2.75, 3.05) is 11.4 Å². The number of carbonyl (C=O) groups excluding carboxylic acids is 2. The normalized spacial score (nSPS) is 22.9. The largest absolute Gasteiger partial charge is 0.340 e. The summed E-state index contributed by atoms with van der Waals surface area (Å²) in [6.07, 6.45) is 0.449. The lowest BCUT2D eigenvalue weighted by atomic mass is 9.94. The Morgan fingerprint density at radius 3 is 2.70 bits per heavy atom. The van der Waals surface area contributed by atoms with Crippen molar-refractivity contribution >= 4 is 45.0 Å². The molecule has 2 rings (SSSR count). The van der Waals surface area contributed by atoms with E-state index in [1.54, 1.807) is 6.92 Å². The molecule has 0 aromatic heterocycles. The standard InChI is InChI=1S/C13H13BrClFN2O2/c1-3-13(2)12(20)18(6-10(19)17-13)11-8(14)4-7(16)5-9(11)15/h4-5H,3,6H2,1-2H3,(H,17,19). The van der Waals surface area contributed by atoms with Crippen LogP contribution in [0.25, 0.3) is 0 Å². The van der Waals surface area contributed by atoms with Crippen LogP contribution in [0, 0.1) is 5.82 Å². The van der Waals surface area contributed by atoms with Crippen molar-refractivity contribution < 1.29 is 14.0 Å². The fourth-order valence-corrected chi connectivity index (χ4v) is 3.20. The third-order valence-corrected chi connectivity index (χ3v) is 4.29. The van der Waals surface area contributed by atoms with E-state index in [1.165, 1.54) is 11.0 Å². The maximum atomic E-state index is 13.3. The quantitative estimate of drug-likeness (QED) is 0.878. The predicted molar refractivity (Wildman–Crippen MR) is 78.3 cm³/mol. The van der Waals surface area contributed by atoms with Crippen LogP contribution in [0.4, 0.5) is 10.1 Å². The Morgan fingerprint density at radius 1 is 1.50 bits per heavy atom. The second kappa shape index (κ2) is 5.33. The van der Waals surface area contributed by atoms with Gasteiger partial charge in [0, 0.05) is 4.47 Å². The van der Waals surface area contributed by atoms with Gasteiger partial charge in [-0.15, -0.1) is 0 Å². The SMILES string of the molecule is CCC1(C)NC(=O)CN(c2c(Cl)cc(F)cc2Br)C1=O. The first-order valence-corrected chi connectivity index (χ1v) is 7.23. The van der Waals surface area contributed by atoms with Crippen molar-refractivity contribution in [1.29, 1.82) is 0 Å². The first-order valence-electron chi connectivity index (χ1n) is 6.06. The average Bonchev–Trinajstić information content (AvgIpc) is 2.34. The van der Waals surface area contributed by atoms with Crippen molar-refractivity contribution in [1.82, 2.24) is 5.32 Å². The van der Waals surface area contributed by atoms with Gasteiger partial charge >= 0.3 is 0 Å². The number of halogens is 3. The van der Waals surface area contributed by atoms with Crippen LogP contribution in [0.2, 0.25) is 5.02 Å². The number of rotatable bonds is 2. The minimum absolute atomic E-state index is 0.0818. The summed E-state index contributed by atoms with van der Waals surface area (Å²) in [5.41, 5.74) is -0.667. The molecule has 1 aromatic rings. The molecule has 1 aliphatic heterocycles. The number of piperazine rings is 1. The van der Waals surface area contributed by atoms with E-state index in [2.05, 4.69) is 21.2 Å². The van der Waals surface area contributed by atoms with Gasteiger partial charge in [-0.2, -0.15) is 0 Å². The molecule has 1 atom stereocenters. The van der Waals surface area contributed by atoms with Gasteiger partial charge in [0.25, 0.3) is 5.91 Å². The molecule has 0 radical (unpaired) electrons. The molecule has 1 unspecified atom stereocenters. The van der Waals surface area contributed by atoms with Gasteiger partial charge in [0.05, 0.1) is 10.7 Å². The molecule has 0 saturated carbocycles. The Hall–Kier alpha value is -1.14. The summed E-state index contributed by atoms with van der Waals surface area (Å²) in [5, 5.41) is 2.76. The molecule has 4 nitrogen and oxygen atoms in total. The third-order valence-electron chi connectivity index (χ3n) is 3.39. The summed E-state index contributed by atoms with van der Waals surface area (Å²) in [6, 6.07) is 2.33. The lowest BCUT2D eigenvalue weighted by Crippen LogP contribution is -2.65. The van der Waals surface area contributed by atoms with E-state index in [-0.39, 0.29) is 23.4 Å². The number of hydrogen-bond acceptors (Lipinski definition) is 2. The van der Waals surface area contributed by atoms with Gasteiger partial charge in [-0.25, -0.2) is 4.39 Å². The highest BCUT2D eigenvalue weighted by Gasteiger charge is 2.43. The molecule has 0 bridgehead atoms. The van der Waals surface area contributed by atoms with Crippen LogP contribution in [-0.2, 0) is 9.59 Å². The van der Waals surface area contributed by atoms with Gasteiger partial charge in [0.2, 0.25) is 5.91 Å². The lowest BCUT2D eigenvalue weighted by molar-refractivity contribution is -0.135. The summed E-state index contributed by atoms with van der Waals surface area (Å²) in [5.74, 6) is -1.06. The molecule has 1 saturated heterocycles. The number of amides is 2. The number of nitrogens with zero attached hydrogens (tertiary/aromatic N) is 1. The molecule has 1 N–H and O–H groups in total. The number of anilines is 1. The molecular formula is C13H13BrClFN2O2. The molecule has 0 aliphatic carbocycles. The number of carbonyl (C=O) groups is 2. The monoisotopic (exact) mass is 362 g/mol. The molecule has 20 heavy (non-hydrogen) atoms. The van der Waals surface area contributed by atoms with Crippen molar-refractivity contribution in [3.05, 3.63) is 27.4 Å². The second-order valence-corrected chi connectivity index (χ2v) is 6.10. The lowest BCUT2D eigenvalue weighted by Gasteiger charge is -2.39. The van der Waals surface area contributed by atoms with Gasteiger partial charge < -0.3 is 5.32 Å². The maximum Gasteiger partial charge on any atom is 0.252 e. The first-order chi connectivity index (χ1) is 9.28. The van der Waals surface area contributed by atoms with Gasteiger partial charge in [-0.3, -0.25) is 14.5 Å². The summed E-state index contributed by atoms with van der Waals surface area (Å²) >= 11 is 9.21. The van der Waals surface area contributed by atoms with Crippen molar-refractivity contribution in [2.45, 2.75) is 25.8 Å². The number of nitrogens with one attached hydrogen (secondary N) is 1. The van der Waals surface area contributed by atoms with Crippen molar-refractivity contribution in [2.24, 2.45) is 0 Å². The minimum Gasteiger partial charge on any atom is -0.340 e. The highest BCUT2D eigenvalue weighted by Crippen LogP contribution is 2.37. The molecule has 7 heteroatoms. The van der Waals surface area contributed by atoms with Gasteiger partial charge in [-0.1, -0.05) is 18.5 Å². The van der Waals surface area contributed by atoms with E-state index in [0.29, 0.717) is 16.6 Å². The average molecular weight is 364 g/mol. The highest BCUT2D eigenvalue weighted by atomic mass is 79.9. The molecule has 108 valence electrons. The molecular weight excluding hydrogens is 351 g/mol. The number of benzene rings is 1. The minimum atomic E-state index is -0.980. The van der Waals surface area contributed by atoms with Crippen LogP contribution in [-0.4, -0.2) is 23.9 Å². The summed E-state index contributed by atoms with van der Waals surface area (Å²) < 4.78 is 13.6. The fourth-order valence-electron chi connectivity index (χ4n) is 2.13. The zero-order chi connectivity index (χ0) is 15.1. The smallest absolute Gasteiger partial charge is 0.252 e. The van der Waals surface area contributed by atoms with Gasteiger partial charge in [0.15, 0.2) is 0 Å². The highest BCUT2D eigenvalue weighted by molar-refractivity contribution is 9.10. The Bertz CT molecular complexity index is 573. The van der Waals surface area contributed by atoms with Crippen molar-refractivity contribution in [3.63, 3.8) is 0 Å². The molecule has 1 aromatic carbocycles. The summed E-state index contributed by atoms with van der Waals surface area (Å²) in [7, 11) is 0. The molecule has 2 amide bonds. The Morgan fingerprint density at radius 2 is 2.15 bits per heavy atom. The Kier molecular flexibility index (Phi) is 4.07. The molecule has 1 heterocycles.